The molecule has 0 heterocycles. The van der Waals surface area contributed by atoms with Crippen LogP contribution in [0.2, 0.25) is 0 Å². The van der Waals surface area contributed by atoms with Gasteiger partial charge in [0.2, 0.25) is 5.91 Å². The van der Waals surface area contributed by atoms with Crippen LogP contribution in [0.25, 0.3) is 0 Å². The zero-order chi connectivity index (χ0) is 15.4. The van der Waals surface area contributed by atoms with E-state index in [1.165, 1.54) is 0 Å². The number of nitrogens with zero attached hydrogens (tertiary/aromatic N) is 1. The van der Waals surface area contributed by atoms with Crippen LogP contribution in [0.4, 0.5) is 5.69 Å². The number of hydrogen-bond donors (Lipinski definition) is 2. The summed E-state index contributed by atoms with van der Waals surface area (Å²) in [5, 5.41) is 17.1. The Kier molecular flexibility index (Phi) is 4.90. The Bertz CT molecular complexity index is 541. The number of nitrogens with one attached hydrogen (secondary N) is 2. The van der Waals surface area contributed by atoms with Gasteiger partial charge in [-0.1, -0.05) is 12.1 Å². The van der Waals surface area contributed by atoms with Crippen molar-refractivity contribution in [2.75, 3.05) is 6.54 Å². The quantitative estimate of drug-likeness (QED) is 0.596. The third-order valence-corrected chi connectivity index (χ3v) is 3.67. The van der Waals surface area contributed by atoms with Gasteiger partial charge in [0.1, 0.15) is 0 Å². The number of benzene rings is 1. The van der Waals surface area contributed by atoms with Gasteiger partial charge in [-0.25, -0.2) is 0 Å². The number of aryl methyl sites for hydroxylation is 1. The minimum atomic E-state index is -0.366. The predicted octanol–water partition coefficient (Wildman–Crippen LogP) is 2.22. The summed E-state index contributed by atoms with van der Waals surface area (Å²) >= 11 is 0. The first-order chi connectivity index (χ1) is 9.97. The number of nitro groups is 1. The van der Waals surface area contributed by atoms with Gasteiger partial charge >= 0.3 is 0 Å². The largest absolute Gasteiger partial charge is 0.353 e. The van der Waals surface area contributed by atoms with Gasteiger partial charge in [-0.3, -0.25) is 14.9 Å². The van der Waals surface area contributed by atoms with Gasteiger partial charge in [0, 0.05) is 36.7 Å². The van der Waals surface area contributed by atoms with Crippen LogP contribution in [0.5, 0.6) is 0 Å². The predicted molar refractivity (Wildman–Crippen MR) is 80.0 cm³/mol. The van der Waals surface area contributed by atoms with E-state index in [-0.39, 0.29) is 22.6 Å². The van der Waals surface area contributed by atoms with Crippen molar-refractivity contribution in [1.82, 2.24) is 10.6 Å². The highest BCUT2D eigenvalue weighted by Crippen LogP contribution is 2.23. The van der Waals surface area contributed by atoms with E-state index >= 15 is 0 Å². The van der Waals surface area contributed by atoms with Crippen molar-refractivity contribution < 1.29 is 9.72 Å². The highest BCUT2D eigenvalue weighted by Gasteiger charge is 2.22. The van der Waals surface area contributed by atoms with E-state index < -0.39 is 0 Å². The molecule has 0 radical (unpaired) electrons. The van der Waals surface area contributed by atoms with Gasteiger partial charge in [0.05, 0.1) is 4.92 Å². The second kappa shape index (κ2) is 6.67. The lowest BCUT2D eigenvalue weighted by Crippen LogP contribution is -2.30. The van der Waals surface area contributed by atoms with Crippen molar-refractivity contribution in [1.29, 1.82) is 0 Å². The lowest BCUT2D eigenvalue weighted by atomic mass is 10.0. The summed E-state index contributed by atoms with van der Waals surface area (Å²) in [5.74, 6) is 0.0621. The standard InChI is InChI=1S/C15H21N3O3/c1-10-3-4-12(9-14(10)18(20)21)11(2)16-8-7-15(19)17-13-5-6-13/h3-4,9,11,13,16H,5-8H2,1-2H3,(H,17,19). The van der Waals surface area contributed by atoms with Crippen molar-refractivity contribution in [3.63, 3.8) is 0 Å². The zero-order valence-corrected chi connectivity index (χ0v) is 12.4. The first-order valence-corrected chi connectivity index (χ1v) is 7.25. The molecule has 6 heteroatoms. The summed E-state index contributed by atoms with van der Waals surface area (Å²) in [5.41, 5.74) is 1.64. The molecule has 0 aromatic heterocycles. The molecule has 1 aromatic rings. The highest BCUT2D eigenvalue weighted by molar-refractivity contribution is 5.76. The number of nitro benzene ring substituents is 1. The molecule has 21 heavy (non-hydrogen) atoms. The molecule has 1 fully saturated rings. The molecule has 1 aliphatic carbocycles. The summed E-state index contributed by atoms with van der Waals surface area (Å²) in [6.07, 6.45) is 2.60. The molecule has 6 nitrogen and oxygen atoms in total. The van der Waals surface area contributed by atoms with Crippen LogP contribution in [-0.4, -0.2) is 23.4 Å². The molecule has 0 saturated heterocycles. The van der Waals surface area contributed by atoms with Crippen LogP contribution < -0.4 is 10.6 Å². The molecule has 1 aliphatic rings. The Balaban J connectivity index is 1.84. The molecule has 1 amide bonds. The second-order valence-electron chi connectivity index (χ2n) is 5.57. The number of hydrogen-bond acceptors (Lipinski definition) is 4. The number of carbonyl (C=O) groups is 1. The lowest BCUT2D eigenvalue weighted by Gasteiger charge is -2.14. The van der Waals surface area contributed by atoms with E-state index in [0.29, 0.717) is 24.6 Å². The van der Waals surface area contributed by atoms with Gasteiger partial charge in [0.25, 0.3) is 5.69 Å². The molecule has 2 rings (SSSR count). The molecular formula is C15H21N3O3. The molecule has 0 aliphatic heterocycles. The summed E-state index contributed by atoms with van der Waals surface area (Å²) in [4.78, 5) is 22.1. The van der Waals surface area contributed by atoms with Gasteiger partial charge in [-0.15, -0.1) is 0 Å². The molecule has 2 N–H and O–H groups in total. The van der Waals surface area contributed by atoms with E-state index in [0.717, 1.165) is 18.4 Å². The molecule has 1 aromatic carbocycles. The van der Waals surface area contributed by atoms with Crippen LogP contribution in [0, 0.1) is 17.0 Å². The fraction of sp³-hybridized carbons (Fsp3) is 0.533. The van der Waals surface area contributed by atoms with Gasteiger partial charge in [0.15, 0.2) is 0 Å². The maximum Gasteiger partial charge on any atom is 0.272 e. The van der Waals surface area contributed by atoms with Gasteiger partial charge < -0.3 is 10.6 Å². The monoisotopic (exact) mass is 291 g/mol. The van der Waals surface area contributed by atoms with Crippen LogP contribution >= 0.6 is 0 Å². The molecule has 1 saturated carbocycles. The highest BCUT2D eigenvalue weighted by atomic mass is 16.6. The Morgan fingerprint density at radius 2 is 2.19 bits per heavy atom. The normalized spacial score (nSPS) is 15.5. The zero-order valence-electron chi connectivity index (χ0n) is 12.4. The van der Waals surface area contributed by atoms with Crippen molar-refractivity contribution in [2.45, 2.75) is 45.2 Å². The Morgan fingerprint density at radius 3 is 2.81 bits per heavy atom. The van der Waals surface area contributed by atoms with E-state index in [2.05, 4.69) is 10.6 Å². The molecule has 1 atom stereocenters. The molecule has 0 bridgehead atoms. The topological polar surface area (TPSA) is 84.3 Å². The van der Waals surface area contributed by atoms with E-state index in [9.17, 15) is 14.9 Å². The first kappa shape index (κ1) is 15.4. The number of amides is 1. The maximum absolute atomic E-state index is 11.6. The third-order valence-electron chi connectivity index (χ3n) is 3.67. The van der Waals surface area contributed by atoms with Crippen LogP contribution in [-0.2, 0) is 4.79 Å². The summed E-state index contributed by atoms with van der Waals surface area (Å²) in [7, 11) is 0. The maximum atomic E-state index is 11.6. The second-order valence-corrected chi connectivity index (χ2v) is 5.57. The summed E-state index contributed by atoms with van der Waals surface area (Å²) < 4.78 is 0. The average Bonchev–Trinajstić information content (AvgIpc) is 3.22. The van der Waals surface area contributed by atoms with E-state index in [1.807, 2.05) is 13.0 Å². The Hall–Kier alpha value is -1.95. The van der Waals surface area contributed by atoms with Crippen molar-refractivity contribution in [2.24, 2.45) is 0 Å². The summed E-state index contributed by atoms with van der Waals surface area (Å²) in [6, 6.07) is 5.58. The molecule has 114 valence electrons. The van der Waals surface area contributed by atoms with Gasteiger partial charge in [-0.2, -0.15) is 0 Å². The first-order valence-electron chi connectivity index (χ1n) is 7.25. The third kappa shape index (κ3) is 4.53. The SMILES string of the molecule is Cc1ccc(C(C)NCCC(=O)NC2CC2)cc1[N+](=O)[O-]. The van der Waals surface area contributed by atoms with Crippen LogP contribution in [0.1, 0.15) is 43.4 Å². The smallest absolute Gasteiger partial charge is 0.272 e. The Labute approximate surface area is 124 Å². The van der Waals surface area contributed by atoms with Crippen LogP contribution in [0.3, 0.4) is 0 Å². The molecular weight excluding hydrogens is 270 g/mol. The molecule has 0 spiro atoms. The van der Waals surface area contributed by atoms with Crippen molar-refractivity contribution in [3.8, 4) is 0 Å². The minimum absolute atomic E-state index is 0.0296. The van der Waals surface area contributed by atoms with Crippen LogP contribution in [0.15, 0.2) is 18.2 Å². The molecule has 1 unspecified atom stereocenters. The van der Waals surface area contributed by atoms with E-state index in [4.69, 9.17) is 0 Å². The fourth-order valence-corrected chi connectivity index (χ4v) is 2.14. The van der Waals surface area contributed by atoms with Crippen molar-refractivity contribution >= 4 is 11.6 Å². The minimum Gasteiger partial charge on any atom is -0.353 e. The number of carbonyl (C=O) groups excluding carboxylic acids is 1. The van der Waals surface area contributed by atoms with Gasteiger partial charge in [-0.05, 0) is 32.3 Å². The lowest BCUT2D eigenvalue weighted by molar-refractivity contribution is -0.385. The average molecular weight is 291 g/mol. The Morgan fingerprint density at radius 1 is 1.48 bits per heavy atom. The van der Waals surface area contributed by atoms with Crippen molar-refractivity contribution in [3.05, 3.63) is 39.4 Å². The van der Waals surface area contributed by atoms with E-state index in [1.54, 1.807) is 19.1 Å². The fourth-order valence-electron chi connectivity index (χ4n) is 2.14. The summed E-state index contributed by atoms with van der Waals surface area (Å²) in [6.45, 7) is 4.22. The number of rotatable bonds is 7.